The average molecular weight is 183 g/mol. The molecular formula is C9H11ClN2. The van der Waals surface area contributed by atoms with E-state index in [1.54, 1.807) is 6.20 Å². The van der Waals surface area contributed by atoms with Gasteiger partial charge in [0.2, 0.25) is 0 Å². The van der Waals surface area contributed by atoms with Gasteiger partial charge in [-0.25, -0.2) is 0 Å². The molecule has 1 saturated heterocycles. The predicted octanol–water partition coefficient (Wildman–Crippen LogP) is 2.16. The molecule has 0 aromatic carbocycles. The fourth-order valence-electron chi connectivity index (χ4n) is 1.60. The predicted molar refractivity (Wildman–Crippen MR) is 49.2 cm³/mol. The summed E-state index contributed by atoms with van der Waals surface area (Å²) >= 11 is 6.02. The van der Waals surface area contributed by atoms with Gasteiger partial charge in [-0.1, -0.05) is 11.6 Å². The molecule has 1 aliphatic rings. The summed E-state index contributed by atoms with van der Waals surface area (Å²) < 4.78 is 0. The van der Waals surface area contributed by atoms with Crippen molar-refractivity contribution in [2.75, 3.05) is 6.54 Å². The van der Waals surface area contributed by atoms with Crippen molar-refractivity contribution >= 4 is 11.6 Å². The van der Waals surface area contributed by atoms with Crippen LogP contribution in [0, 0.1) is 0 Å². The Morgan fingerprint density at radius 2 is 2.50 bits per heavy atom. The summed E-state index contributed by atoms with van der Waals surface area (Å²) in [5.74, 6) is 0. The van der Waals surface area contributed by atoms with E-state index in [0.29, 0.717) is 6.04 Å². The van der Waals surface area contributed by atoms with E-state index in [9.17, 15) is 0 Å². The molecule has 2 nitrogen and oxygen atoms in total. The summed E-state index contributed by atoms with van der Waals surface area (Å²) in [6.07, 6.45) is 5.98. The van der Waals surface area contributed by atoms with Crippen LogP contribution in [0.5, 0.6) is 0 Å². The number of rotatable bonds is 1. The highest BCUT2D eigenvalue weighted by molar-refractivity contribution is 6.31. The lowest BCUT2D eigenvalue weighted by molar-refractivity contribution is 0.645. The number of nitrogens with one attached hydrogen (secondary N) is 1. The molecule has 1 fully saturated rings. The van der Waals surface area contributed by atoms with Gasteiger partial charge in [0.05, 0.1) is 0 Å². The number of hydrogen-bond acceptors (Lipinski definition) is 2. The van der Waals surface area contributed by atoms with E-state index in [4.69, 9.17) is 11.6 Å². The van der Waals surface area contributed by atoms with Crippen molar-refractivity contribution in [2.24, 2.45) is 0 Å². The molecule has 3 heteroatoms. The van der Waals surface area contributed by atoms with Crippen LogP contribution < -0.4 is 5.32 Å². The van der Waals surface area contributed by atoms with E-state index in [-0.39, 0.29) is 0 Å². The smallest absolute Gasteiger partial charge is 0.0484 e. The van der Waals surface area contributed by atoms with Gasteiger partial charge in [0, 0.05) is 29.0 Å². The summed E-state index contributed by atoms with van der Waals surface area (Å²) in [6, 6.07) is 2.27. The monoisotopic (exact) mass is 182 g/mol. The highest BCUT2D eigenvalue weighted by Crippen LogP contribution is 2.27. The molecule has 1 aliphatic heterocycles. The molecular weight excluding hydrogens is 172 g/mol. The van der Waals surface area contributed by atoms with Crippen molar-refractivity contribution in [2.45, 2.75) is 18.9 Å². The van der Waals surface area contributed by atoms with E-state index in [1.807, 2.05) is 12.3 Å². The minimum absolute atomic E-state index is 0.422. The number of hydrogen-bond donors (Lipinski definition) is 1. The average Bonchev–Trinajstić information content (AvgIpc) is 2.57. The van der Waals surface area contributed by atoms with Crippen LogP contribution in [0.4, 0.5) is 0 Å². The van der Waals surface area contributed by atoms with Crippen molar-refractivity contribution in [1.82, 2.24) is 10.3 Å². The van der Waals surface area contributed by atoms with Gasteiger partial charge in [0.15, 0.2) is 0 Å². The number of pyridine rings is 1. The molecule has 0 amide bonds. The van der Waals surface area contributed by atoms with Crippen LogP contribution in [0.1, 0.15) is 24.4 Å². The second kappa shape index (κ2) is 3.42. The second-order valence-electron chi connectivity index (χ2n) is 3.05. The standard InChI is InChI=1S/C9H11ClN2/c10-8-3-5-11-6-7(8)9-2-1-4-12-9/h3,5-6,9,12H,1-2,4H2/t9-/m1/s1. The Bertz CT molecular complexity index is 269. The molecule has 0 spiro atoms. The highest BCUT2D eigenvalue weighted by Gasteiger charge is 2.18. The van der Waals surface area contributed by atoms with Crippen molar-refractivity contribution in [3.63, 3.8) is 0 Å². The maximum Gasteiger partial charge on any atom is 0.0484 e. The zero-order valence-electron chi connectivity index (χ0n) is 6.76. The SMILES string of the molecule is Clc1ccncc1[C@H]1CCCN1. The summed E-state index contributed by atoms with van der Waals surface area (Å²) in [4.78, 5) is 4.07. The highest BCUT2D eigenvalue weighted by atomic mass is 35.5. The van der Waals surface area contributed by atoms with E-state index in [1.165, 1.54) is 12.8 Å². The summed E-state index contributed by atoms with van der Waals surface area (Å²) in [6.45, 7) is 1.09. The third kappa shape index (κ3) is 1.45. The van der Waals surface area contributed by atoms with E-state index in [2.05, 4.69) is 10.3 Å². The van der Waals surface area contributed by atoms with Gasteiger partial charge >= 0.3 is 0 Å². The maximum absolute atomic E-state index is 6.02. The molecule has 1 N–H and O–H groups in total. The van der Waals surface area contributed by atoms with Crippen molar-refractivity contribution in [1.29, 1.82) is 0 Å². The first kappa shape index (κ1) is 8.02. The Balaban J connectivity index is 2.26. The number of nitrogens with zero attached hydrogens (tertiary/aromatic N) is 1. The van der Waals surface area contributed by atoms with Crippen LogP contribution >= 0.6 is 11.6 Å². The molecule has 0 unspecified atom stereocenters. The lowest BCUT2D eigenvalue weighted by atomic mass is 10.1. The summed E-state index contributed by atoms with van der Waals surface area (Å²) in [5.41, 5.74) is 1.14. The van der Waals surface area contributed by atoms with Gasteiger partial charge in [-0.05, 0) is 25.5 Å². The zero-order chi connectivity index (χ0) is 8.39. The molecule has 64 valence electrons. The first-order valence-electron chi connectivity index (χ1n) is 4.21. The first-order chi connectivity index (χ1) is 5.88. The fourth-order valence-corrected chi connectivity index (χ4v) is 1.83. The Morgan fingerprint density at radius 1 is 1.58 bits per heavy atom. The molecule has 1 atom stereocenters. The lowest BCUT2D eigenvalue weighted by Gasteiger charge is -2.10. The topological polar surface area (TPSA) is 24.9 Å². The number of aromatic nitrogens is 1. The van der Waals surface area contributed by atoms with Gasteiger partial charge in [-0.2, -0.15) is 0 Å². The van der Waals surface area contributed by atoms with Crippen LogP contribution in [-0.2, 0) is 0 Å². The minimum Gasteiger partial charge on any atom is -0.310 e. The number of halogens is 1. The first-order valence-corrected chi connectivity index (χ1v) is 4.58. The van der Waals surface area contributed by atoms with Gasteiger partial charge in [0.25, 0.3) is 0 Å². The molecule has 1 aromatic rings. The Morgan fingerprint density at radius 3 is 3.17 bits per heavy atom. The third-order valence-corrected chi connectivity index (χ3v) is 2.58. The molecule has 0 aliphatic carbocycles. The van der Waals surface area contributed by atoms with Crippen LogP contribution in [0.3, 0.4) is 0 Å². The molecule has 0 radical (unpaired) electrons. The molecule has 2 heterocycles. The molecule has 0 saturated carbocycles. The second-order valence-corrected chi connectivity index (χ2v) is 3.45. The summed E-state index contributed by atoms with van der Waals surface area (Å²) in [7, 11) is 0. The third-order valence-electron chi connectivity index (χ3n) is 2.23. The molecule has 1 aromatic heterocycles. The lowest BCUT2D eigenvalue weighted by Crippen LogP contribution is -2.13. The van der Waals surface area contributed by atoms with Crippen LogP contribution in [0.15, 0.2) is 18.5 Å². The molecule has 2 rings (SSSR count). The quantitative estimate of drug-likeness (QED) is 0.720. The maximum atomic E-state index is 6.02. The van der Waals surface area contributed by atoms with Crippen LogP contribution in [0.25, 0.3) is 0 Å². The van der Waals surface area contributed by atoms with E-state index >= 15 is 0 Å². The Labute approximate surface area is 77.0 Å². The van der Waals surface area contributed by atoms with Gasteiger partial charge < -0.3 is 5.32 Å². The van der Waals surface area contributed by atoms with Gasteiger partial charge in [-0.3, -0.25) is 4.98 Å². The van der Waals surface area contributed by atoms with Gasteiger partial charge in [-0.15, -0.1) is 0 Å². The van der Waals surface area contributed by atoms with Crippen molar-refractivity contribution in [3.05, 3.63) is 29.0 Å². The summed E-state index contributed by atoms with van der Waals surface area (Å²) in [5, 5.41) is 4.21. The van der Waals surface area contributed by atoms with E-state index in [0.717, 1.165) is 17.1 Å². The van der Waals surface area contributed by atoms with Crippen LogP contribution in [-0.4, -0.2) is 11.5 Å². The largest absolute Gasteiger partial charge is 0.310 e. The van der Waals surface area contributed by atoms with Gasteiger partial charge in [0.1, 0.15) is 0 Å². The van der Waals surface area contributed by atoms with Crippen molar-refractivity contribution < 1.29 is 0 Å². The molecule has 0 bridgehead atoms. The fraction of sp³-hybridized carbons (Fsp3) is 0.444. The Kier molecular flexibility index (Phi) is 2.28. The Hall–Kier alpha value is -0.600. The normalized spacial score (nSPS) is 22.9. The molecule has 12 heavy (non-hydrogen) atoms. The van der Waals surface area contributed by atoms with E-state index < -0.39 is 0 Å². The minimum atomic E-state index is 0.422. The van der Waals surface area contributed by atoms with Crippen molar-refractivity contribution in [3.8, 4) is 0 Å². The zero-order valence-corrected chi connectivity index (χ0v) is 7.51. The van der Waals surface area contributed by atoms with Crippen LogP contribution in [0.2, 0.25) is 5.02 Å².